The highest BCUT2D eigenvalue weighted by molar-refractivity contribution is 8.00. The molecule has 1 saturated heterocycles. The van der Waals surface area contributed by atoms with Gasteiger partial charge >= 0.3 is 6.18 Å². The second-order valence-electron chi connectivity index (χ2n) is 13.2. The molecule has 9 nitrogen and oxygen atoms in total. The van der Waals surface area contributed by atoms with Crippen molar-refractivity contribution < 1.29 is 27.4 Å². The first kappa shape index (κ1) is 37.8. The van der Waals surface area contributed by atoms with E-state index < -0.39 is 11.7 Å². The summed E-state index contributed by atoms with van der Waals surface area (Å²) in [6, 6.07) is 32.9. The van der Waals surface area contributed by atoms with Crippen molar-refractivity contribution in [3.05, 3.63) is 131 Å². The molecule has 1 fully saturated rings. The third-order valence-electron chi connectivity index (χ3n) is 9.70. The smallest absolute Gasteiger partial charge is 0.417 e. The highest BCUT2D eigenvalue weighted by atomic mass is 32.2. The Kier molecular flexibility index (Phi) is 11.6. The molecule has 0 saturated carbocycles. The number of hydrogen-bond acceptors (Lipinski definition) is 9. The Morgan fingerprint density at radius 2 is 1.33 bits per heavy atom. The summed E-state index contributed by atoms with van der Waals surface area (Å²) in [6.07, 6.45) is -2.64. The number of methoxy groups -OCH3 is 3. The summed E-state index contributed by atoms with van der Waals surface area (Å²) in [6.45, 7) is 2.43. The fourth-order valence-corrected chi connectivity index (χ4v) is 7.93. The second kappa shape index (κ2) is 16.9. The summed E-state index contributed by atoms with van der Waals surface area (Å²) in [5.41, 5.74) is 4.38. The Labute approximate surface area is 322 Å². The first-order valence-electron chi connectivity index (χ1n) is 17.9. The zero-order valence-corrected chi connectivity index (χ0v) is 31.5. The van der Waals surface area contributed by atoms with Gasteiger partial charge in [-0.1, -0.05) is 54.6 Å². The molecule has 1 N–H and O–H groups in total. The number of nitrogens with one attached hydrogen (secondary N) is 1. The maximum Gasteiger partial charge on any atom is 0.417 e. The largest absolute Gasteiger partial charge is 0.497 e. The molecule has 1 aliphatic heterocycles. The van der Waals surface area contributed by atoms with Crippen LogP contribution in [0, 0.1) is 0 Å². The number of ether oxygens (including phenoxy) is 3. The highest BCUT2D eigenvalue weighted by Crippen LogP contribution is 2.48. The van der Waals surface area contributed by atoms with Crippen LogP contribution in [0.2, 0.25) is 0 Å². The van der Waals surface area contributed by atoms with E-state index in [0.29, 0.717) is 34.4 Å². The molecule has 2 heterocycles. The van der Waals surface area contributed by atoms with Crippen LogP contribution in [0.25, 0.3) is 22.5 Å². The van der Waals surface area contributed by atoms with Gasteiger partial charge < -0.3 is 23.8 Å². The monoisotopic (exact) mass is 766 g/mol. The molecule has 1 aliphatic rings. The van der Waals surface area contributed by atoms with Gasteiger partial charge in [0.2, 0.25) is 5.82 Å². The molecule has 0 aliphatic carbocycles. The summed E-state index contributed by atoms with van der Waals surface area (Å²) in [5.74, 6) is 2.51. The molecule has 0 atom stereocenters. The van der Waals surface area contributed by atoms with Crippen molar-refractivity contribution in [1.82, 2.24) is 25.5 Å². The van der Waals surface area contributed by atoms with E-state index in [1.807, 2.05) is 77.1 Å². The summed E-state index contributed by atoms with van der Waals surface area (Å²) < 4.78 is 63.5. The SMILES string of the molecule is COc1ccc(CN(Sc2c(C(F)(F)F)ccc(-c3ccc(C4CCNCC4)cc3)c2-c2nnn(Cc3ccc(OC)cc3)n2)c2ccc(OC)cc2)cc1. The molecular weight excluding hydrogens is 726 g/mol. The molecule has 0 amide bonds. The van der Waals surface area contributed by atoms with Crippen LogP contribution in [0.15, 0.2) is 114 Å². The molecule has 13 heteroatoms. The maximum atomic E-state index is 15.2. The lowest BCUT2D eigenvalue weighted by Gasteiger charge is -2.27. The number of rotatable bonds is 13. The van der Waals surface area contributed by atoms with Crippen molar-refractivity contribution in [1.29, 1.82) is 0 Å². The van der Waals surface area contributed by atoms with E-state index in [9.17, 15) is 0 Å². The lowest BCUT2D eigenvalue weighted by atomic mass is 9.88. The topological polar surface area (TPSA) is 86.6 Å². The third kappa shape index (κ3) is 8.90. The number of nitrogens with zero attached hydrogens (tertiary/aromatic N) is 5. The Bertz CT molecular complexity index is 2170. The normalized spacial score (nSPS) is 13.4. The number of tetrazole rings is 1. The summed E-state index contributed by atoms with van der Waals surface area (Å²) in [5, 5.41) is 16.8. The molecule has 0 radical (unpaired) electrons. The molecule has 7 rings (SSSR count). The van der Waals surface area contributed by atoms with Crippen molar-refractivity contribution in [2.24, 2.45) is 0 Å². The van der Waals surface area contributed by atoms with Crippen LogP contribution in [0.1, 0.15) is 41.0 Å². The Hall–Kier alpha value is -5.53. The zero-order valence-electron chi connectivity index (χ0n) is 30.7. The zero-order chi connectivity index (χ0) is 38.4. The quantitative estimate of drug-likeness (QED) is 0.116. The number of halogens is 3. The van der Waals surface area contributed by atoms with Gasteiger partial charge in [0.25, 0.3) is 0 Å². The summed E-state index contributed by atoms with van der Waals surface area (Å²) in [4.78, 5) is 1.36. The molecule has 55 heavy (non-hydrogen) atoms. The molecule has 0 unspecified atom stereocenters. The van der Waals surface area contributed by atoms with Crippen LogP contribution < -0.4 is 23.8 Å². The van der Waals surface area contributed by atoms with E-state index >= 15 is 13.2 Å². The van der Waals surface area contributed by atoms with Crippen LogP contribution >= 0.6 is 11.9 Å². The van der Waals surface area contributed by atoms with Crippen LogP contribution in [-0.4, -0.2) is 54.6 Å². The van der Waals surface area contributed by atoms with E-state index in [-0.39, 0.29) is 29.4 Å². The van der Waals surface area contributed by atoms with Gasteiger partial charge in [0.1, 0.15) is 17.2 Å². The average Bonchev–Trinajstić information content (AvgIpc) is 3.68. The minimum atomic E-state index is -4.70. The maximum absolute atomic E-state index is 15.2. The minimum Gasteiger partial charge on any atom is -0.497 e. The van der Waals surface area contributed by atoms with E-state index in [2.05, 4.69) is 27.8 Å². The Balaban J connectivity index is 1.37. The van der Waals surface area contributed by atoms with Gasteiger partial charge in [-0.2, -0.15) is 18.0 Å². The summed E-state index contributed by atoms with van der Waals surface area (Å²) >= 11 is 0.990. The number of hydrogen-bond donors (Lipinski definition) is 1. The van der Waals surface area contributed by atoms with Gasteiger partial charge in [0.05, 0.1) is 44.9 Å². The number of anilines is 1. The number of piperidine rings is 1. The standard InChI is InChI=1S/C42H41F3N6O3S/c1-52-34-14-4-28(5-15-34)26-50(33-12-18-36(54-3)19-13-33)55-40-38(42(43,44)45)21-20-37(32-10-8-30(9-11-32)31-22-24-46-25-23-31)39(40)41-47-49-51(48-41)27-29-6-16-35(53-2)17-7-29/h4-21,31,46H,22-27H2,1-3H3. The first-order chi connectivity index (χ1) is 26.7. The van der Waals surface area contributed by atoms with E-state index in [4.69, 9.17) is 19.3 Å². The van der Waals surface area contributed by atoms with Crippen LogP contribution in [0.3, 0.4) is 0 Å². The number of alkyl halides is 3. The van der Waals surface area contributed by atoms with Crippen molar-refractivity contribution in [2.45, 2.75) is 42.9 Å². The van der Waals surface area contributed by atoms with Gasteiger partial charge in [0.15, 0.2) is 0 Å². The molecule has 1 aromatic heterocycles. The lowest BCUT2D eigenvalue weighted by molar-refractivity contribution is -0.139. The minimum absolute atomic E-state index is 0.0410. The van der Waals surface area contributed by atoms with Crippen molar-refractivity contribution in [3.63, 3.8) is 0 Å². The molecule has 5 aromatic carbocycles. The van der Waals surface area contributed by atoms with Crippen LogP contribution in [-0.2, 0) is 19.3 Å². The van der Waals surface area contributed by atoms with E-state index in [1.54, 1.807) is 33.5 Å². The third-order valence-corrected chi connectivity index (χ3v) is 10.9. The first-order valence-corrected chi connectivity index (χ1v) is 18.7. The molecule has 0 spiro atoms. The Morgan fingerprint density at radius 3 is 1.91 bits per heavy atom. The molecular formula is C42H41F3N6O3S. The van der Waals surface area contributed by atoms with E-state index in [0.717, 1.165) is 60.6 Å². The fourth-order valence-electron chi connectivity index (χ4n) is 6.69. The number of benzene rings is 5. The fraction of sp³-hybridized carbons (Fsp3) is 0.262. The van der Waals surface area contributed by atoms with Gasteiger partial charge in [-0.05, 0) is 131 Å². The second-order valence-corrected chi connectivity index (χ2v) is 14.2. The molecule has 284 valence electrons. The summed E-state index contributed by atoms with van der Waals surface area (Å²) in [7, 11) is 4.75. The van der Waals surface area contributed by atoms with Crippen molar-refractivity contribution in [2.75, 3.05) is 38.7 Å². The van der Waals surface area contributed by atoms with Crippen LogP contribution in [0.5, 0.6) is 17.2 Å². The highest BCUT2D eigenvalue weighted by Gasteiger charge is 2.37. The average molecular weight is 767 g/mol. The predicted molar refractivity (Wildman–Crippen MR) is 209 cm³/mol. The van der Waals surface area contributed by atoms with Gasteiger partial charge in [-0.15, -0.1) is 10.2 Å². The predicted octanol–water partition coefficient (Wildman–Crippen LogP) is 9.28. The molecule has 6 aromatic rings. The van der Waals surface area contributed by atoms with Gasteiger partial charge in [0, 0.05) is 11.3 Å². The lowest BCUT2D eigenvalue weighted by Crippen LogP contribution is -2.26. The van der Waals surface area contributed by atoms with Crippen molar-refractivity contribution in [3.8, 4) is 39.8 Å². The molecule has 0 bridgehead atoms. The van der Waals surface area contributed by atoms with Crippen LogP contribution in [0.4, 0.5) is 18.9 Å². The Morgan fingerprint density at radius 1 is 0.745 bits per heavy atom. The number of aromatic nitrogens is 4. The van der Waals surface area contributed by atoms with E-state index in [1.165, 1.54) is 16.4 Å². The van der Waals surface area contributed by atoms with Gasteiger partial charge in [-0.25, -0.2) is 0 Å². The van der Waals surface area contributed by atoms with Gasteiger partial charge in [-0.3, -0.25) is 0 Å². The van der Waals surface area contributed by atoms with Crippen molar-refractivity contribution >= 4 is 17.6 Å².